The Hall–Kier alpha value is -2.20. The first kappa shape index (κ1) is 13.8. The number of nitrogens with zero attached hydrogens (tertiary/aromatic N) is 3. The third kappa shape index (κ3) is 2.54. The molecule has 0 saturated carbocycles. The Morgan fingerprint density at radius 3 is 2.52 bits per heavy atom. The number of aromatic nitrogens is 2. The average molecular weight is 302 g/mol. The molecule has 0 N–H and O–H groups in total. The van der Waals surface area contributed by atoms with Crippen LogP contribution < -0.4 is 4.90 Å². The predicted molar refractivity (Wildman–Crippen MR) is 83.6 cm³/mol. The van der Waals surface area contributed by atoms with Crippen molar-refractivity contribution in [3.8, 4) is 0 Å². The Kier molecular flexibility index (Phi) is 3.71. The van der Waals surface area contributed by atoms with Crippen LogP contribution in [-0.2, 0) is 0 Å². The van der Waals surface area contributed by atoms with Crippen LogP contribution in [0, 0.1) is 5.82 Å². The molecule has 3 nitrogen and oxygen atoms in total. The van der Waals surface area contributed by atoms with Gasteiger partial charge in [0.1, 0.15) is 11.6 Å². The summed E-state index contributed by atoms with van der Waals surface area (Å²) in [5, 5.41) is 0.991. The van der Waals surface area contributed by atoms with Crippen LogP contribution in [0.5, 0.6) is 0 Å². The van der Waals surface area contributed by atoms with Gasteiger partial charge in [-0.05, 0) is 42.8 Å². The normalized spacial score (nSPS) is 10.8. The molecule has 0 bridgehead atoms. The van der Waals surface area contributed by atoms with Gasteiger partial charge in [-0.3, -0.25) is 0 Å². The van der Waals surface area contributed by atoms with E-state index in [4.69, 9.17) is 11.6 Å². The molecule has 1 aromatic heterocycles. The number of rotatable bonds is 3. The van der Waals surface area contributed by atoms with Crippen LogP contribution in [0.2, 0.25) is 5.28 Å². The monoisotopic (exact) mass is 301 g/mol. The van der Waals surface area contributed by atoms with Gasteiger partial charge in [0.15, 0.2) is 0 Å². The zero-order valence-corrected chi connectivity index (χ0v) is 12.2. The minimum Gasteiger partial charge on any atom is -0.323 e. The van der Waals surface area contributed by atoms with Gasteiger partial charge in [-0.25, -0.2) is 9.37 Å². The van der Waals surface area contributed by atoms with Gasteiger partial charge in [0.05, 0.1) is 11.2 Å². The molecular formula is C16H13ClFN3. The maximum absolute atomic E-state index is 14.1. The number of halogens is 2. The van der Waals surface area contributed by atoms with E-state index in [0.29, 0.717) is 18.1 Å². The van der Waals surface area contributed by atoms with Crippen LogP contribution >= 0.6 is 11.6 Å². The summed E-state index contributed by atoms with van der Waals surface area (Å²) in [4.78, 5) is 10.3. The van der Waals surface area contributed by atoms with Crippen molar-refractivity contribution in [1.29, 1.82) is 0 Å². The number of hydrogen-bond acceptors (Lipinski definition) is 3. The summed E-state index contributed by atoms with van der Waals surface area (Å²) in [6, 6.07) is 14.2. The standard InChI is InChI=1S/C16H13ClFN3/c1-2-21(14-10-6-4-8-12(14)18)15-11-7-3-5-9-13(11)19-16(17)20-15/h3-10H,2H2,1H3. The fourth-order valence-corrected chi connectivity index (χ4v) is 2.51. The Labute approximate surface area is 127 Å². The summed E-state index contributed by atoms with van der Waals surface area (Å²) < 4.78 is 14.1. The molecule has 0 spiro atoms. The number of hydrogen-bond donors (Lipinski definition) is 0. The van der Waals surface area contributed by atoms with Crippen LogP contribution in [0.3, 0.4) is 0 Å². The lowest BCUT2D eigenvalue weighted by molar-refractivity contribution is 0.625. The van der Waals surface area contributed by atoms with E-state index >= 15 is 0 Å². The van der Waals surface area contributed by atoms with Crippen molar-refractivity contribution in [3.63, 3.8) is 0 Å². The van der Waals surface area contributed by atoms with E-state index in [2.05, 4.69) is 9.97 Å². The Balaban J connectivity index is 2.24. The van der Waals surface area contributed by atoms with Crippen LogP contribution in [0.15, 0.2) is 48.5 Å². The highest BCUT2D eigenvalue weighted by Crippen LogP contribution is 2.32. The van der Waals surface area contributed by atoms with E-state index in [1.165, 1.54) is 6.07 Å². The summed E-state index contributed by atoms with van der Waals surface area (Å²) in [5.74, 6) is 0.316. The molecule has 0 aliphatic heterocycles. The molecule has 1 heterocycles. The number of benzene rings is 2. The van der Waals surface area contributed by atoms with E-state index in [9.17, 15) is 4.39 Å². The van der Waals surface area contributed by atoms with Crippen molar-refractivity contribution < 1.29 is 4.39 Å². The van der Waals surface area contributed by atoms with Gasteiger partial charge in [0.2, 0.25) is 5.28 Å². The van der Waals surface area contributed by atoms with Crippen LogP contribution in [0.1, 0.15) is 6.92 Å². The Morgan fingerprint density at radius 2 is 1.76 bits per heavy atom. The molecule has 0 radical (unpaired) electrons. The molecule has 5 heteroatoms. The van der Waals surface area contributed by atoms with Crippen molar-refractivity contribution >= 4 is 34.0 Å². The van der Waals surface area contributed by atoms with Gasteiger partial charge in [-0.2, -0.15) is 4.98 Å². The molecule has 21 heavy (non-hydrogen) atoms. The third-order valence-electron chi connectivity index (χ3n) is 3.27. The van der Waals surface area contributed by atoms with Crippen molar-refractivity contribution in [3.05, 3.63) is 59.6 Å². The fraction of sp³-hybridized carbons (Fsp3) is 0.125. The number of anilines is 2. The fourth-order valence-electron chi connectivity index (χ4n) is 2.34. The largest absolute Gasteiger partial charge is 0.323 e. The molecule has 3 rings (SSSR count). The molecule has 0 atom stereocenters. The Morgan fingerprint density at radius 1 is 1.05 bits per heavy atom. The van der Waals surface area contributed by atoms with Crippen molar-refractivity contribution in [2.45, 2.75) is 6.92 Å². The van der Waals surface area contributed by atoms with E-state index < -0.39 is 0 Å². The van der Waals surface area contributed by atoms with Crippen molar-refractivity contribution in [2.75, 3.05) is 11.4 Å². The highest BCUT2D eigenvalue weighted by atomic mass is 35.5. The van der Waals surface area contributed by atoms with Crippen molar-refractivity contribution in [2.24, 2.45) is 0 Å². The predicted octanol–water partition coefficient (Wildman–Crippen LogP) is 4.58. The molecule has 3 aromatic rings. The topological polar surface area (TPSA) is 29.0 Å². The smallest absolute Gasteiger partial charge is 0.224 e. The highest BCUT2D eigenvalue weighted by molar-refractivity contribution is 6.28. The molecule has 0 aliphatic carbocycles. The second-order valence-corrected chi connectivity index (χ2v) is 4.87. The molecule has 106 valence electrons. The first-order valence-electron chi connectivity index (χ1n) is 6.65. The van der Waals surface area contributed by atoms with Gasteiger partial charge in [-0.15, -0.1) is 0 Å². The maximum atomic E-state index is 14.1. The first-order valence-corrected chi connectivity index (χ1v) is 7.03. The average Bonchev–Trinajstić information content (AvgIpc) is 2.49. The van der Waals surface area contributed by atoms with E-state index in [-0.39, 0.29) is 11.1 Å². The minimum absolute atomic E-state index is 0.151. The second-order valence-electron chi connectivity index (χ2n) is 4.53. The summed E-state index contributed by atoms with van der Waals surface area (Å²) in [5.41, 5.74) is 1.21. The van der Waals surface area contributed by atoms with E-state index in [0.717, 1.165) is 10.9 Å². The van der Waals surface area contributed by atoms with Gasteiger partial charge < -0.3 is 4.90 Å². The van der Waals surface area contributed by atoms with Gasteiger partial charge in [0.25, 0.3) is 0 Å². The molecule has 0 aliphatic rings. The van der Waals surface area contributed by atoms with Gasteiger partial charge >= 0.3 is 0 Å². The molecular weight excluding hydrogens is 289 g/mol. The first-order chi connectivity index (χ1) is 10.2. The van der Waals surface area contributed by atoms with E-state index in [1.54, 1.807) is 23.1 Å². The van der Waals surface area contributed by atoms with Crippen LogP contribution in [-0.4, -0.2) is 16.5 Å². The van der Waals surface area contributed by atoms with E-state index in [1.807, 2.05) is 31.2 Å². The van der Waals surface area contributed by atoms with Crippen LogP contribution in [0.4, 0.5) is 15.9 Å². The summed E-state index contributed by atoms with van der Waals surface area (Å²) in [6.45, 7) is 2.51. The molecule has 0 fully saturated rings. The number of fused-ring (bicyclic) bond motifs is 1. The van der Waals surface area contributed by atoms with Crippen molar-refractivity contribution in [1.82, 2.24) is 9.97 Å². The highest BCUT2D eigenvalue weighted by Gasteiger charge is 2.17. The lowest BCUT2D eigenvalue weighted by atomic mass is 10.2. The molecule has 0 saturated heterocycles. The quantitative estimate of drug-likeness (QED) is 0.663. The minimum atomic E-state index is -0.293. The SMILES string of the molecule is CCN(c1ccccc1F)c1nc(Cl)nc2ccccc12. The molecule has 0 amide bonds. The zero-order valence-electron chi connectivity index (χ0n) is 11.4. The lowest BCUT2D eigenvalue weighted by Crippen LogP contribution is -2.19. The summed E-state index contributed by atoms with van der Waals surface area (Å²) >= 11 is 6.01. The van der Waals surface area contributed by atoms with Crippen LogP contribution in [0.25, 0.3) is 10.9 Å². The summed E-state index contributed by atoms with van der Waals surface area (Å²) in [7, 11) is 0. The molecule has 2 aromatic carbocycles. The summed E-state index contributed by atoms with van der Waals surface area (Å²) in [6.07, 6.45) is 0. The zero-order chi connectivity index (χ0) is 14.8. The maximum Gasteiger partial charge on any atom is 0.224 e. The van der Waals surface area contributed by atoms with Gasteiger partial charge in [0, 0.05) is 11.9 Å². The second kappa shape index (κ2) is 5.66. The van der Waals surface area contributed by atoms with Gasteiger partial charge in [-0.1, -0.05) is 24.3 Å². The molecule has 0 unspecified atom stereocenters. The third-order valence-corrected chi connectivity index (χ3v) is 3.44. The Bertz CT molecular complexity index is 791. The lowest BCUT2D eigenvalue weighted by Gasteiger charge is -2.23. The number of para-hydroxylation sites is 2.